The summed E-state index contributed by atoms with van der Waals surface area (Å²) in [5.74, 6) is -0.706. The van der Waals surface area contributed by atoms with Crippen molar-refractivity contribution in [1.29, 1.82) is 0 Å². The van der Waals surface area contributed by atoms with Crippen LogP contribution in [0.25, 0.3) is 0 Å². The van der Waals surface area contributed by atoms with Crippen molar-refractivity contribution in [1.82, 2.24) is 5.32 Å². The molecule has 1 N–H and O–H groups in total. The fourth-order valence-electron chi connectivity index (χ4n) is 2.90. The van der Waals surface area contributed by atoms with Crippen LogP contribution in [-0.2, 0) is 0 Å². The highest BCUT2D eigenvalue weighted by Gasteiger charge is 2.38. The standard InChI is InChI=1S/C16H23BrF2N2/c1-5-16(4)9-21(14(8-20-16)10(2)3)15-12(18)6-11(17)7-13(15)19/h6-7,10,14,20H,5,8-9H2,1-4H3. The maximum Gasteiger partial charge on any atom is 0.150 e. The number of halogens is 3. The van der Waals surface area contributed by atoms with E-state index in [-0.39, 0.29) is 17.3 Å². The normalized spacial score (nSPS) is 26.5. The van der Waals surface area contributed by atoms with Gasteiger partial charge in [-0.05, 0) is 31.4 Å². The minimum absolute atomic E-state index is 0.0785. The zero-order valence-electron chi connectivity index (χ0n) is 13.0. The Hall–Kier alpha value is -0.680. The summed E-state index contributed by atoms with van der Waals surface area (Å²) in [6.07, 6.45) is 0.911. The molecule has 1 aromatic carbocycles. The highest BCUT2D eigenvalue weighted by molar-refractivity contribution is 9.10. The summed E-state index contributed by atoms with van der Waals surface area (Å²) in [6.45, 7) is 9.70. The van der Waals surface area contributed by atoms with Gasteiger partial charge in [-0.3, -0.25) is 0 Å². The van der Waals surface area contributed by atoms with Gasteiger partial charge in [0.25, 0.3) is 0 Å². The van der Waals surface area contributed by atoms with Crippen LogP contribution in [0.15, 0.2) is 16.6 Å². The zero-order chi connectivity index (χ0) is 15.8. The molecule has 0 radical (unpaired) electrons. The van der Waals surface area contributed by atoms with E-state index < -0.39 is 11.6 Å². The second-order valence-corrected chi connectivity index (χ2v) is 7.37. The smallest absolute Gasteiger partial charge is 0.150 e. The molecule has 5 heteroatoms. The predicted molar refractivity (Wildman–Crippen MR) is 86.7 cm³/mol. The molecule has 0 bridgehead atoms. The molecular formula is C16H23BrF2N2. The molecule has 1 aromatic rings. The Morgan fingerprint density at radius 2 is 1.95 bits per heavy atom. The summed E-state index contributed by atoms with van der Waals surface area (Å²) < 4.78 is 29.1. The number of nitrogens with zero attached hydrogens (tertiary/aromatic N) is 1. The molecule has 1 saturated heterocycles. The fourth-order valence-corrected chi connectivity index (χ4v) is 3.30. The van der Waals surface area contributed by atoms with Gasteiger partial charge in [0, 0.05) is 29.1 Å². The van der Waals surface area contributed by atoms with Crippen LogP contribution in [0.1, 0.15) is 34.1 Å². The molecule has 2 nitrogen and oxygen atoms in total. The van der Waals surface area contributed by atoms with E-state index in [4.69, 9.17) is 0 Å². The quantitative estimate of drug-likeness (QED) is 0.862. The second-order valence-electron chi connectivity index (χ2n) is 6.45. The van der Waals surface area contributed by atoms with Gasteiger partial charge in [-0.15, -0.1) is 0 Å². The van der Waals surface area contributed by atoms with Crippen molar-refractivity contribution in [2.45, 2.75) is 45.7 Å². The van der Waals surface area contributed by atoms with Gasteiger partial charge in [-0.1, -0.05) is 36.7 Å². The predicted octanol–water partition coefficient (Wildman–Crippen LogP) is 4.33. The number of piperazine rings is 1. The zero-order valence-corrected chi connectivity index (χ0v) is 14.6. The van der Waals surface area contributed by atoms with Crippen molar-refractivity contribution in [3.8, 4) is 0 Å². The topological polar surface area (TPSA) is 15.3 Å². The first-order valence-corrected chi connectivity index (χ1v) is 8.23. The van der Waals surface area contributed by atoms with Crippen molar-refractivity contribution in [2.24, 2.45) is 5.92 Å². The minimum Gasteiger partial charge on any atom is -0.360 e. The fraction of sp³-hybridized carbons (Fsp3) is 0.625. The summed E-state index contributed by atoms with van der Waals surface area (Å²) in [5.41, 5.74) is -0.0322. The van der Waals surface area contributed by atoms with Crippen LogP contribution >= 0.6 is 15.9 Å². The maximum absolute atomic E-state index is 14.4. The molecule has 0 spiro atoms. The van der Waals surface area contributed by atoms with Gasteiger partial charge in [-0.25, -0.2) is 8.78 Å². The van der Waals surface area contributed by atoms with E-state index in [9.17, 15) is 8.78 Å². The average molecular weight is 361 g/mol. The summed E-state index contributed by atoms with van der Waals surface area (Å²) in [6, 6.07) is 2.75. The Bertz CT molecular complexity index is 498. The Morgan fingerprint density at radius 3 is 2.43 bits per heavy atom. The Balaban J connectivity index is 2.45. The first-order chi connectivity index (χ1) is 9.77. The number of hydrogen-bond donors (Lipinski definition) is 1. The van der Waals surface area contributed by atoms with Gasteiger partial charge in [-0.2, -0.15) is 0 Å². The Morgan fingerprint density at radius 1 is 1.38 bits per heavy atom. The van der Waals surface area contributed by atoms with Crippen LogP contribution in [-0.4, -0.2) is 24.7 Å². The lowest BCUT2D eigenvalue weighted by molar-refractivity contribution is 0.250. The van der Waals surface area contributed by atoms with Crippen LogP contribution < -0.4 is 10.2 Å². The number of hydrogen-bond acceptors (Lipinski definition) is 2. The number of anilines is 1. The minimum atomic E-state index is -0.507. The molecule has 1 aliphatic heterocycles. The highest BCUT2D eigenvalue weighted by Crippen LogP contribution is 2.33. The second kappa shape index (κ2) is 6.21. The summed E-state index contributed by atoms with van der Waals surface area (Å²) >= 11 is 3.14. The van der Waals surface area contributed by atoms with Gasteiger partial charge in [0.1, 0.15) is 5.69 Å². The molecule has 0 aromatic heterocycles. The Kier molecular flexibility index (Phi) is 4.93. The van der Waals surface area contributed by atoms with Crippen molar-refractivity contribution in [3.63, 3.8) is 0 Å². The highest BCUT2D eigenvalue weighted by atomic mass is 79.9. The summed E-state index contributed by atoms with van der Waals surface area (Å²) in [4.78, 5) is 1.90. The molecule has 2 unspecified atom stereocenters. The van der Waals surface area contributed by atoms with Crippen molar-refractivity contribution < 1.29 is 8.78 Å². The Labute approximate surface area is 134 Å². The van der Waals surface area contributed by atoms with Crippen molar-refractivity contribution in [2.75, 3.05) is 18.0 Å². The first kappa shape index (κ1) is 16.7. The maximum atomic E-state index is 14.4. The van der Waals surface area contributed by atoms with Crippen molar-refractivity contribution >= 4 is 21.6 Å². The van der Waals surface area contributed by atoms with E-state index in [1.165, 1.54) is 12.1 Å². The van der Waals surface area contributed by atoms with E-state index >= 15 is 0 Å². The molecule has 0 aliphatic carbocycles. The lowest BCUT2D eigenvalue weighted by atomic mass is 9.89. The number of rotatable bonds is 3. The summed E-state index contributed by atoms with van der Waals surface area (Å²) in [7, 11) is 0. The third kappa shape index (κ3) is 3.39. The van der Waals surface area contributed by atoms with E-state index in [0.29, 0.717) is 16.9 Å². The lowest BCUT2D eigenvalue weighted by Crippen LogP contribution is -2.64. The number of nitrogens with one attached hydrogen (secondary N) is 1. The van der Waals surface area contributed by atoms with Crippen LogP contribution in [0, 0.1) is 17.6 Å². The van der Waals surface area contributed by atoms with E-state index in [0.717, 1.165) is 13.0 Å². The molecule has 1 heterocycles. The monoisotopic (exact) mass is 360 g/mol. The largest absolute Gasteiger partial charge is 0.360 e. The lowest BCUT2D eigenvalue weighted by Gasteiger charge is -2.48. The van der Waals surface area contributed by atoms with Gasteiger partial charge < -0.3 is 10.2 Å². The molecule has 1 fully saturated rings. The van der Waals surface area contributed by atoms with Crippen LogP contribution in [0.3, 0.4) is 0 Å². The van der Waals surface area contributed by atoms with E-state index in [2.05, 4.69) is 48.9 Å². The summed E-state index contributed by atoms with van der Waals surface area (Å²) in [5, 5.41) is 3.53. The molecule has 1 aliphatic rings. The van der Waals surface area contributed by atoms with E-state index in [1.807, 2.05) is 4.90 Å². The molecule has 0 amide bonds. The average Bonchev–Trinajstić information content (AvgIpc) is 2.37. The van der Waals surface area contributed by atoms with Crippen LogP contribution in [0.4, 0.5) is 14.5 Å². The first-order valence-electron chi connectivity index (χ1n) is 7.43. The van der Waals surface area contributed by atoms with Gasteiger partial charge in [0.15, 0.2) is 11.6 Å². The van der Waals surface area contributed by atoms with Gasteiger partial charge in [0.2, 0.25) is 0 Å². The molecule has 2 rings (SSSR count). The van der Waals surface area contributed by atoms with Crippen molar-refractivity contribution in [3.05, 3.63) is 28.2 Å². The van der Waals surface area contributed by atoms with E-state index in [1.54, 1.807) is 0 Å². The molecule has 118 valence electrons. The third-order valence-electron chi connectivity index (χ3n) is 4.48. The third-order valence-corrected chi connectivity index (χ3v) is 4.93. The van der Waals surface area contributed by atoms with Gasteiger partial charge >= 0.3 is 0 Å². The molecule has 0 saturated carbocycles. The molecule has 21 heavy (non-hydrogen) atoms. The van der Waals surface area contributed by atoms with Crippen LogP contribution in [0.2, 0.25) is 0 Å². The molecular weight excluding hydrogens is 338 g/mol. The SMILES string of the molecule is CCC1(C)CN(c2c(F)cc(Br)cc2F)C(C(C)C)CN1. The van der Waals surface area contributed by atoms with Gasteiger partial charge in [0.05, 0.1) is 0 Å². The molecule has 2 atom stereocenters. The van der Waals surface area contributed by atoms with Crippen LogP contribution in [0.5, 0.6) is 0 Å². The number of benzene rings is 1.